The first-order valence-corrected chi connectivity index (χ1v) is 11.9. The Morgan fingerprint density at radius 3 is 2.62 bits per heavy atom. The number of phenolic OH excluding ortho intramolecular Hbond substituents is 1. The summed E-state index contributed by atoms with van der Waals surface area (Å²) in [5, 5.41) is 16.5. The molecule has 2 N–H and O–H groups in total. The van der Waals surface area contributed by atoms with Crippen LogP contribution in [0, 0.1) is 0 Å². The van der Waals surface area contributed by atoms with Gasteiger partial charge in [-0.25, -0.2) is 18.3 Å². The standard InChI is InChI=1S/C22H26N4O5S/c1-15(2)17-6-7-20(27)19(13-17)21-23-24-22(28)26(21)32(29,30)18-5-3-4-16(12-18)14-25-8-10-31-11-9-25/h3-7,12-13,15,27H,8-11,14H2,1-2H3,(H,24,28). The molecule has 170 valence electrons. The van der Waals surface area contributed by atoms with Gasteiger partial charge >= 0.3 is 5.69 Å². The van der Waals surface area contributed by atoms with Crippen molar-refractivity contribution >= 4 is 10.0 Å². The van der Waals surface area contributed by atoms with Gasteiger partial charge in [-0.15, -0.1) is 0 Å². The largest absolute Gasteiger partial charge is 0.507 e. The maximum absolute atomic E-state index is 13.5. The molecule has 1 fully saturated rings. The molecule has 0 aliphatic carbocycles. The molecule has 9 nitrogen and oxygen atoms in total. The zero-order valence-electron chi connectivity index (χ0n) is 18.0. The number of aromatic nitrogens is 3. The maximum Gasteiger partial charge on any atom is 0.357 e. The summed E-state index contributed by atoms with van der Waals surface area (Å²) in [6.45, 7) is 7.36. The number of nitrogens with zero attached hydrogens (tertiary/aromatic N) is 3. The van der Waals surface area contributed by atoms with Crippen LogP contribution in [0.1, 0.15) is 30.9 Å². The summed E-state index contributed by atoms with van der Waals surface area (Å²) >= 11 is 0. The van der Waals surface area contributed by atoms with Crippen molar-refractivity contribution in [3.8, 4) is 17.1 Å². The molecule has 0 atom stereocenters. The van der Waals surface area contributed by atoms with E-state index in [1.807, 2.05) is 19.9 Å². The normalized spacial score (nSPS) is 15.3. The van der Waals surface area contributed by atoms with E-state index >= 15 is 0 Å². The quantitative estimate of drug-likeness (QED) is 0.581. The van der Waals surface area contributed by atoms with Crippen LogP contribution >= 0.6 is 0 Å². The van der Waals surface area contributed by atoms with E-state index in [4.69, 9.17) is 4.74 Å². The molecule has 1 aliphatic heterocycles. The molecule has 1 aliphatic rings. The van der Waals surface area contributed by atoms with Gasteiger partial charge in [0, 0.05) is 19.6 Å². The molecule has 1 aromatic heterocycles. The predicted octanol–water partition coefficient (Wildman–Crippen LogP) is 2.14. The Hall–Kier alpha value is -2.95. The minimum Gasteiger partial charge on any atom is -0.507 e. The summed E-state index contributed by atoms with van der Waals surface area (Å²) in [4.78, 5) is 14.7. The van der Waals surface area contributed by atoms with Crippen LogP contribution in [0.2, 0.25) is 0 Å². The Bertz CT molecular complexity index is 1270. The Kier molecular flexibility index (Phi) is 6.18. The van der Waals surface area contributed by atoms with Gasteiger partial charge in [-0.1, -0.05) is 32.0 Å². The fourth-order valence-electron chi connectivity index (χ4n) is 3.70. The van der Waals surface area contributed by atoms with Gasteiger partial charge in [-0.2, -0.15) is 9.07 Å². The monoisotopic (exact) mass is 458 g/mol. The fourth-order valence-corrected chi connectivity index (χ4v) is 5.09. The van der Waals surface area contributed by atoms with E-state index in [0.29, 0.717) is 23.7 Å². The van der Waals surface area contributed by atoms with Crippen molar-refractivity contribution in [3.63, 3.8) is 0 Å². The topological polar surface area (TPSA) is 118 Å². The van der Waals surface area contributed by atoms with E-state index in [1.54, 1.807) is 24.3 Å². The molecule has 0 amide bonds. The zero-order chi connectivity index (χ0) is 22.9. The van der Waals surface area contributed by atoms with Crippen molar-refractivity contribution in [2.45, 2.75) is 31.2 Å². The fraction of sp³-hybridized carbons (Fsp3) is 0.364. The van der Waals surface area contributed by atoms with Gasteiger partial charge in [0.25, 0.3) is 10.0 Å². The second-order valence-electron chi connectivity index (χ2n) is 8.09. The first kappa shape index (κ1) is 22.3. The molecule has 0 spiro atoms. The number of nitrogens with one attached hydrogen (secondary N) is 1. The molecular formula is C22H26N4O5S. The van der Waals surface area contributed by atoms with Crippen molar-refractivity contribution < 1.29 is 18.3 Å². The van der Waals surface area contributed by atoms with Crippen LogP contribution in [0.3, 0.4) is 0 Å². The number of phenols is 1. The first-order chi connectivity index (χ1) is 15.3. The van der Waals surface area contributed by atoms with Crippen molar-refractivity contribution in [2.24, 2.45) is 0 Å². The van der Waals surface area contributed by atoms with Crippen molar-refractivity contribution in [1.82, 2.24) is 19.1 Å². The number of benzene rings is 2. The number of morpholine rings is 1. The van der Waals surface area contributed by atoms with Crippen LogP contribution in [0.25, 0.3) is 11.4 Å². The number of hydrogen-bond acceptors (Lipinski definition) is 7. The van der Waals surface area contributed by atoms with Gasteiger partial charge < -0.3 is 9.84 Å². The molecular weight excluding hydrogens is 432 g/mol. The lowest BCUT2D eigenvalue weighted by Gasteiger charge is -2.26. The number of H-pyrrole nitrogens is 1. The molecule has 0 radical (unpaired) electrons. The smallest absolute Gasteiger partial charge is 0.357 e. The third-order valence-corrected chi connectivity index (χ3v) is 7.18. The predicted molar refractivity (Wildman–Crippen MR) is 119 cm³/mol. The third-order valence-electron chi connectivity index (χ3n) is 5.51. The summed E-state index contributed by atoms with van der Waals surface area (Å²) in [5.74, 6) is -0.179. The zero-order valence-corrected chi connectivity index (χ0v) is 18.8. The Labute approximate surface area is 186 Å². The second-order valence-corrected chi connectivity index (χ2v) is 9.88. The van der Waals surface area contributed by atoms with Crippen LogP contribution in [-0.2, 0) is 21.3 Å². The van der Waals surface area contributed by atoms with Gasteiger partial charge in [0.15, 0.2) is 5.82 Å². The average Bonchev–Trinajstić information content (AvgIpc) is 3.17. The molecule has 32 heavy (non-hydrogen) atoms. The van der Waals surface area contributed by atoms with Crippen LogP contribution in [-0.4, -0.2) is 58.9 Å². The lowest BCUT2D eigenvalue weighted by atomic mass is 10.00. The van der Waals surface area contributed by atoms with E-state index in [2.05, 4.69) is 15.1 Å². The van der Waals surface area contributed by atoms with Crippen LogP contribution < -0.4 is 5.69 Å². The second kappa shape index (κ2) is 8.89. The maximum atomic E-state index is 13.5. The molecule has 2 heterocycles. The lowest BCUT2D eigenvalue weighted by Crippen LogP contribution is -2.35. The SMILES string of the molecule is CC(C)c1ccc(O)c(-c2n[nH]c(=O)n2S(=O)(=O)c2cccc(CN3CCOCC3)c2)c1. The van der Waals surface area contributed by atoms with Gasteiger partial charge in [0.2, 0.25) is 0 Å². The molecule has 0 unspecified atom stereocenters. The lowest BCUT2D eigenvalue weighted by molar-refractivity contribution is 0.0341. The number of hydrogen-bond donors (Lipinski definition) is 2. The summed E-state index contributed by atoms with van der Waals surface area (Å²) in [5.41, 5.74) is 0.968. The summed E-state index contributed by atoms with van der Waals surface area (Å²) < 4.78 is 32.9. The summed E-state index contributed by atoms with van der Waals surface area (Å²) in [6, 6.07) is 11.4. The Balaban J connectivity index is 1.75. The minimum absolute atomic E-state index is 0.0208. The minimum atomic E-state index is -4.26. The van der Waals surface area contributed by atoms with E-state index in [0.717, 1.165) is 24.2 Å². The Morgan fingerprint density at radius 2 is 1.91 bits per heavy atom. The summed E-state index contributed by atoms with van der Waals surface area (Å²) in [6.07, 6.45) is 0. The number of ether oxygens (including phenoxy) is 1. The highest BCUT2D eigenvalue weighted by atomic mass is 32.2. The van der Waals surface area contributed by atoms with E-state index in [-0.39, 0.29) is 28.0 Å². The molecule has 2 aromatic carbocycles. The Morgan fingerprint density at radius 1 is 1.16 bits per heavy atom. The van der Waals surface area contributed by atoms with Crippen LogP contribution in [0.15, 0.2) is 52.2 Å². The van der Waals surface area contributed by atoms with E-state index < -0.39 is 15.7 Å². The highest BCUT2D eigenvalue weighted by Crippen LogP contribution is 2.32. The summed E-state index contributed by atoms with van der Waals surface area (Å²) in [7, 11) is -4.26. The number of rotatable bonds is 6. The molecule has 4 rings (SSSR count). The average molecular weight is 459 g/mol. The molecule has 0 bridgehead atoms. The molecule has 10 heteroatoms. The highest BCUT2D eigenvalue weighted by Gasteiger charge is 2.27. The van der Waals surface area contributed by atoms with Gasteiger partial charge in [0.1, 0.15) is 5.75 Å². The van der Waals surface area contributed by atoms with Gasteiger partial charge in [-0.3, -0.25) is 4.90 Å². The number of aromatic hydroxyl groups is 1. The van der Waals surface area contributed by atoms with E-state index in [9.17, 15) is 18.3 Å². The molecule has 3 aromatic rings. The number of aromatic amines is 1. The van der Waals surface area contributed by atoms with Crippen molar-refractivity contribution in [3.05, 3.63) is 64.1 Å². The van der Waals surface area contributed by atoms with Gasteiger partial charge in [0.05, 0.1) is 23.7 Å². The third kappa shape index (κ3) is 4.34. The van der Waals surface area contributed by atoms with E-state index in [1.165, 1.54) is 12.1 Å². The molecule has 0 saturated carbocycles. The first-order valence-electron chi connectivity index (χ1n) is 10.4. The van der Waals surface area contributed by atoms with Gasteiger partial charge in [-0.05, 0) is 41.3 Å². The van der Waals surface area contributed by atoms with Crippen LogP contribution in [0.4, 0.5) is 0 Å². The highest BCUT2D eigenvalue weighted by molar-refractivity contribution is 7.90. The van der Waals surface area contributed by atoms with Crippen molar-refractivity contribution in [2.75, 3.05) is 26.3 Å². The van der Waals surface area contributed by atoms with Crippen LogP contribution in [0.5, 0.6) is 5.75 Å². The molecule has 1 saturated heterocycles. The van der Waals surface area contributed by atoms with Crippen molar-refractivity contribution in [1.29, 1.82) is 0 Å².